The summed E-state index contributed by atoms with van der Waals surface area (Å²) < 4.78 is 0. The van der Waals surface area contributed by atoms with Crippen molar-refractivity contribution >= 4 is 6.03 Å². The van der Waals surface area contributed by atoms with E-state index in [2.05, 4.69) is 10.3 Å². The molecular weight excluding hydrogens is 290 g/mol. The minimum absolute atomic E-state index is 0.133. The molecule has 1 saturated heterocycles. The molecule has 1 aromatic heterocycles. The molecule has 0 unspecified atom stereocenters. The quantitative estimate of drug-likeness (QED) is 0.907. The fourth-order valence-corrected chi connectivity index (χ4v) is 2.97. The average molecular weight is 311 g/mol. The van der Waals surface area contributed by atoms with Gasteiger partial charge in [-0.3, -0.25) is 4.98 Å². The normalized spacial score (nSPS) is 20.5. The predicted molar refractivity (Wildman–Crippen MR) is 87.7 cm³/mol. The summed E-state index contributed by atoms with van der Waals surface area (Å²) in [5, 5.41) is 13.1. The van der Waals surface area contributed by atoms with Crippen LogP contribution in [0.2, 0.25) is 0 Å². The summed E-state index contributed by atoms with van der Waals surface area (Å²) in [7, 11) is 0. The molecule has 5 nitrogen and oxygen atoms in total. The van der Waals surface area contributed by atoms with Crippen molar-refractivity contribution in [3.05, 3.63) is 66.0 Å². The lowest BCUT2D eigenvalue weighted by Crippen LogP contribution is -2.46. The molecule has 3 rings (SSSR count). The van der Waals surface area contributed by atoms with Crippen molar-refractivity contribution in [2.45, 2.75) is 31.5 Å². The fourth-order valence-electron chi connectivity index (χ4n) is 2.97. The molecule has 2 N–H and O–H groups in total. The molecular formula is C18H21N3O2. The van der Waals surface area contributed by atoms with Gasteiger partial charge in [-0.25, -0.2) is 4.79 Å². The maximum absolute atomic E-state index is 12.4. The number of amides is 2. The molecule has 0 radical (unpaired) electrons. The van der Waals surface area contributed by atoms with Crippen LogP contribution in [0.5, 0.6) is 0 Å². The Morgan fingerprint density at radius 3 is 2.74 bits per heavy atom. The Kier molecular flexibility index (Phi) is 4.88. The van der Waals surface area contributed by atoms with Gasteiger partial charge in [-0.05, 0) is 30.0 Å². The Labute approximate surface area is 136 Å². The topological polar surface area (TPSA) is 65.5 Å². The minimum Gasteiger partial charge on any atom is -0.391 e. The third kappa shape index (κ3) is 3.87. The monoisotopic (exact) mass is 311 g/mol. The summed E-state index contributed by atoms with van der Waals surface area (Å²) in [5.74, 6) is 0. The van der Waals surface area contributed by atoms with E-state index in [0.29, 0.717) is 25.9 Å². The number of carbonyl (C=O) groups excluding carboxylic acids is 1. The van der Waals surface area contributed by atoms with E-state index in [1.165, 1.54) is 0 Å². The minimum atomic E-state index is -0.473. The van der Waals surface area contributed by atoms with Crippen molar-refractivity contribution in [1.82, 2.24) is 15.2 Å². The molecule has 1 aliphatic heterocycles. The third-order valence-corrected chi connectivity index (χ3v) is 4.23. The molecule has 2 amide bonds. The number of aromatic nitrogens is 1. The van der Waals surface area contributed by atoms with Crippen molar-refractivity contribution in [1.29, 1.82) is 0 Å². The van der Waals surface area contributed by atoms with Gasteiger partial charge in [-0.2, -0.15) is 0 Å². The van der Waals surface area contributed by atoms with Crippen LogP contribution in [-0.2, 0) is 13.0 Å². The van der Waals surface area contributed by atoms with Gasteiger partial charge in [-0.15, -0.1) is 0 Å². The number of urea groups is 1. The highest BCUT2D eigenvalue weighted by molar-refractivity contribution is 5.75. The molecule has 0 saturated carbocycles. The zero-order valence-corrected chi connectivity index (χ0v) is 12.9. The van der Waals surface area contributed by atoms with Crippen molar-refractivity contribution in [2.75, 3.05) is 6.54 Å². The summed E-state index contributed by atoms with van der Waals surface area (Å²) in [6.07, 6.45) is 4.26. The number of benzene rings is 1. The first kappa shape index (κ1) is 15.5. The smallest absolute Gasteiger partial charge is 0.318 e. The summed E-state index contributed by atoms with van der Waals surface area (Å²) in [6, 6.07) is 13.4. The van der Waals surface area contributed by atoms with Crippen molar-refractivity contribution < 1.29 is 9.90 Å². The zero-order valence-electron chi connectivity index (χ0n) is 12.9. The van der Waals surface area contributed by atoms with Crippen LogP contribution < -0.4 is 5.32 Å². The van der Waals surface area contributed by atoms with E-state index in [-0.39, 0.29) is 12.1 Å². The highest BCUT2D eigenvalue weighted by Crippen LogP contribution is 2.22. The standard InChI is InChI=1S/C18H21N3O2/c22-17-8-10-21(16(17)11-14-5-2-1-3-6-14)18(23)20-13-15-7-4-9-19-12-15/h1-7,9,12,16-17,22H,8,10-11,13H2,(H,20,23)/t16-,17-/m0/s1. The third-order valence-electron chi connectivity index (χ3n) is 4.23. The molecule has 0 aliphatic carbocycles. The molecule has 2 atom stereocenters. The molecule has 0 spiro atoms. The maximum atomic E-state index is 12.4. The number of hydrogen-bond donors (Lipinski definition) is 2. The van der Waals surface area contributed by atoms with Crippen LogP contribution in [0.15, 0.2) is 54.9 Å². The van der Waals surface area contributed by atoms with E-state index in [0.717, 1.165) is 11.1 Å². The molecule has 2 heterocycles. The van der Waals surface area contributed by atoms with E-state index in [1.54, 1.807) is 17.3 Å². The van der Waals surface area contributed by atoms with Crippen LogP contribution in [0.25, 0.3) is 0 Å². The lowest BCUT2D eigenvalue weighted by molar-refractivity contribution is 0.122. The Morgan fingerprint density at radius 1 is 1.22 bits per heavy atom. The second-order valence-electron chi connectivity index (χ2n) is 5.83. The molecule has 0 bridgehead atoms. The largest absolute Gasteiger partial charge is 0.391 e. The second kappa shape index (κ2) is 7.24. The van der Waals surface area contributed by atoms with Gasteiger partial charge in [0.05, 0.1) is 12.1 Å². The molecule has 1 fully saturated rings. The Hall–Kier alpha value is -2.40. The van der Waals surface area contributed by atoms with Gasteiger partial charge >= 0.3 is 6.03 Å². The molecule has 120 valence electrons. The number of carbonyl (C=O) groups is 1. The van der Waals surface area contributed by atoms with Gasteiger partial charge in [-0.1, -0.05) is 36.4 Å². The molecule has 1 aromatic carbocycles. The first-order chi connectivity index (χ1) is 11.2. The number of rotatable bonds is 4. The SMILES string of the molecule is O=C(NCc1cccnc1)N1CC[C@H](O)[C@@H]1Cc1ccccc1. The highest BCUT2D eigenvalue weighted by atomic mass is 16.3. The number of aliphatic hydroxyl groups excluding tert-OH is 1. The molecule has 2 aromatic rings. The highest BCUT2D eigenvalue weighted by Gasteiger charge is 2.35. The summed E-state index contributed by atoms with van der Waals surface area (Å²) in [6.45, 7) is 1.02. The van der Waals surface area contributed by atoms with Gasteiger partial charge in [0, 0.05) is 25.5 Å². The van der Waals surface area contributed by atoms with Crippen LogP contribution in [0, 0.1) is 0 Å². The maximum Gasteiger partial charge on any atom is 0.318 e. The van der Waals surface area contributed by atoms with E-state index in [9.17, 15) is 9.90 Å². The lowest BCUT2D eigenvalue weighted by atomic mass is 10.0. The van der Waals surface area contributed by atoms with E-state index in [4.69, 9.17) is 0 Å². The average Bonchev–Trinajstić information content (AvgIpc) is 2.95. The van der Waals surface area contributed by atoms with Crippen LogP contribution >= 0.6 is 0 Å². The summed E-state index contributed by atoms with van der Waals surface area (Å²) >= 11 is 0. The van der Waals surface area contributed by atoms with Crippen LogP contribution in [0.1, 0.15) is 17.5 Å². The van der Waals surface area contributed by atoms with E-state index in [1.807, 2.05) is 42.5 Å². The number of aliphatic hydroxyl groups is 1. The lowest BCUT2D eigenvalue weighted by Gasteiger charge is -2.26. The first-order valence-electron chi connectivity index (χ1n) is 7.89. The number of nitrogens with one attached hydrogen (secondary N) is 1. The Bertz CT molecular complexity index is 633. The van der Waals surface area contributed by atoms with Gasteiger partial charge in [0.2, 0.25) is 0 Å². The molecule has 1 aliphatic rings. The van der Waals surface area contributed by atoms with Crippen LogP contribution in [-0.4, -0.2) is 39.7 Å². The number of hydrogen-bond acceptors (Lipinski definition) is 3. The van der Waals surface area contributed by atoms with E-state index < -0.39 is 6.10 Å². The predicted octanol–water partition coefficient (Wildman–Crippen LogP) is 1.97. The summed E-state index contributed by atoms with van der Waals surface area (Å²) in [5.41, 5.74) is 2.09. The molecule has 23 heavy (non-hydrogen) atoms. The number of likely N-dealkylation sites (tertiary alicyclic amines) is 1. The second-order valence-corrected chi connectivity index (χ2v) is 5.83. The number of nitrogens with zero attached hydrogens (tertiary/aromatic N) is 2. The van der Waals surface area contributed by atoms with E-state index >= 15 is 0 Å². The Morgan fingerprint density at radius 2 is 2.00 bits per heavy atom. The zero-order chi connectivity index (χ0) is 16.1. The molecule has 5 heteroatoms. The first-order valence-corrected chi connectivity index (χ1v) is 7.89. The number of pyridine rings is 1. The van der Waals surface area contributed by atoms with Crippen molar-refractivity contribution in [2.24, 2.45) is 0 Å². The van der Waals surface area contributed by atoms with Gasteiger partial charge in [0.15, 0.2) is 0 Å². The fraction of sp³-hybridized carbons (Fsp3) is 0.333. The van der Waals surface area contributed by atoms with Gasteiger partial charge in [0.1, 0.15) is 0 Å². The van der Waals surface area contributed by atoms with Crippen LogP contribution in [0.4, 0.5) is 4.79 Å². The van der Waals surface area contributed by atoms with Gasteiger partial charge < -0.3 is 15.3 Å². The van der Waals surface area contributed by atoms with Crippen molar-refractivity contribution in [3.63, 3.8) is 0 Å². The van der Waals surface area contributed by atoms with Crippen LogP contribution in [0.3, 0.4) is 0 Å². The Balaban J connectivity index is 1.62. The summed E-state index contributed by atoms with van der Waals surface area (Å²) in [4.78, 5) is 18.2. The van der Waals surface area contributed by atoms with Crippen molar-refractivity contribution in [3.8, 4) is 0 Å². The van der Waals surface area contributed by atoms with Gasteiger partial charge in [0.25, 0.3) is 0 Å².